The van der Waals surface area contributed by atoms with Crippen LogP contribution in [0.25, 0.3) is 0 Å². The van der Waals surface area contributed by atoms with Crippen LogP contribution < -0.4 is 10.1 Å². The minimum atomic E-state index is -0.557. The van der Waals surface area contributed by atoms with Crippen molar-refractivity contribution in [2.75, 3.05) is 34.2 Å². The Labute approximate surface area is 140 Å². The zero-order chi connectivity index (χ0) is 17.0. The second kappa shape index (κ2) is 7.41. The van der Waals surface area contributed by atoms with Gasteiger partial charge >= 0.3 is 12.1 Å². The SMILES string of the molecule is CNC(=O)OC1CN(C(=O)N(C)C)CC1Oc1ccc(Cl)cc1. The lowest BCUT2D eigenvalue weighted by Gasteiger charge is -2.20. The van der Waals surface area contributed by atoms with Crippen molar-refractivity contribution in [1.82, 2.24) is 15.1 Å². The van der Waals surface area contributed by atoms with Crippen LogP contribution in [0.1, 0.15) is 0 Å². The molecule has 1 heterocycles. The van der Waals surface area contributed by atoms with Crippen LogP contribution in [0.2, 0.25) is 5.02 Å². The number of benzene rings is 1. The number of halogens is 1. The second-order valence-corrected chi connectivity index (χ2v) is 5.82. The van der Waals surface area contributed by atoms with Crippen LogP contribution in [-0.2, 0) is 4.74 Å². The van der Waals surface area contributed by atoms with Crippen molar-refractivity contribution >= 4 is 23.7 Å². The molecule has 7 nitrogen and oxygen atoms in total. The van der Waals surface area contributed by atoms with Gasteiger partial charge in [0.2, 0.25) is 0 Å². The molecule has 0 aromatic heterocycles. The van der Waals surface area contributed by atoms with E-state index >= 15 is 0 Å². The van der Waals surface area contributed by atoms with E-state index in [1.54, 1.807) is 43.3 Å². The Morgan fingerprint density at radius 1 is 1.22 bits per heavy atom. The molecule has 126 valence electrons. The minimum Gasteiger partial charge on any atom is -0.485 e. The number of alkyl carbamates (subject to hydrolysis) is 1. The van der Waals surface area contributed by atoms with E-state index in [2.05, 4.69) is 5.32 Å². The highest BCUT2D eigenvalue weighted by atomic mass is 35.5. The van der Waals surface area contributed by atoms with Crippen molar-refractivity contribution in [2.24, 2.45) is 0 Å². The fraction of sp³-hybridized carbons (Fsp3) is 0.467. The molecule has 2 atom stereocenters. The molecule has 0 aliphatic carbocycles. The normalized spacial score (nSPS) is 20.1. The average Bonchev–Trinajstić information content (AvgIpc) is 2.91. The van der Waals surface area contributed by atoms with Crippen molar-refractivity contribution in [2.45, 2.75) is 12.2 Å². The summed E-state index contributed by atoms with van der Waals surface area (Å²) in [4.78, 5) is 26.7. The highest BCUT2D eigenvalue weighted by Crippen LogP contribution is 2.23. The molecule has 23 heavy (non-hydrogen) atoms. The van der Waals surface area contributed by atoms with Crippen LogP contribution in [0.3, 0.4) is 0 Å². The van der Waals surface area contributed by atoms with E-state index < -0.39 is 18.3 Å². The monoisotopic (exact) mass is 341 g/mol. The number of carbonyl (C=O) groups excluding carboxylic acids is 2. The first-order chi connectivity index (χ1) is 10.9. The van der Waals surface area contributed by atoms with E-state index in [0.717, 1.165) is 0 Å². The number of amides is 3. The van der Waals surface area contributed by atoms with Crippen LogP contribution in [0.5, 0.6) is 5.75 Å². The summed E-state index contributed by atoms with van der Waals surface area (Å²) in [6.45, 7) is 0.615. The summed E-state index contributed by atoms with van der Waals surface area (Å²) in [5.74, 6) is 0.601. The average molecular weight is 342 g/mol. The molecule has 1 aliphatic heterocycles. The van der Waals surface area contributed by atoms with Gasteiger partial charge in [-0.05, 0) is 24.3 Å². The van der Waals surface area contributed by atoms with E-state index in [1.807, 2.05) is 0 Å². The fourth-order valence-corrected chi connectivity index (χ4v) is 2.42. The van der Waals surface area contributed by atoms with Crippen LogP contribution >= 0.6 is 11.6 Å². The quantitative estimate of drug-likeness (QED) is 0.910. The van der Waals surface area contributed by atoms with Gasteiger partial charge in [0.15, 0.2) is 12.2 Å². The van der Waals surface area contributed by atoms with Crippen molar-refractivity contribution in [3.8, 4) is 5.75 Å². The maximum Gasteiger partial charge on any atom is 0.407 e. The largest absolute Gasteiger partial charge is 0.485 e. The lowest BCUT2D eigenvalue weighted by atomic mass is 10.2. The molecule has 1 N–H and O–H groups in total. The van der Waals surface area contributed by atoms with Crippen molar-refractivity contribution in [3.05, 3.63) is 29.3 Å². The van der Waals surface area contributed by atoms with Gasteiger partial charge in [-0.15, -0.1) is 0 Å². The van der Waals surface area contributed by atoms with Gasteiger partial charge in [0, 0.05) is 26.2 Å². The number of nitrogens with one attached hydrogen (secondary N) is 1. The van der Waals surface area contributed by atoms with Gasteiger partial charge in [-0.1, -0.05) is 11.6 Å². The van der Waals surface area contributed by atoms with Gasteiger partial charge in [-0.3, -0.25) is 0 Å². The molecule has 0 saturated carbocycles. The van der Waals surface area contributed by atoms with E-state index in [9.17, 15) is 9.59 Å². The Kier molecular flexibility index (Phi) is 5.54. The number of likely N-dealkylation sites (tertiary alicyclic amines) is 1. The summed E-state index contributed by atoms with van der Waals surface area (Å²) in [6.07, 6.45) is -1.55. The van der Waals surface area contributed by atoms with Crippen LogP contribution in [0.15, 0.2) is 24.3 Å². The molecule has 8 heteroatoms. The number of hydrogen-bond donors (Lipinski definition) is 1. The molecule has 1 aromatic carbocycles. The summed E-state index contributed by atoms with van der Waals surface area (Å²) in [6, 6.07) is 6.73. The highest BCUT2D eigenvalue weighted by Gasteiger charge is 2.40. The van der Waals surface area contributed by atoms with Crippen LogP contribution in [-0.4, -0.2) is 68.4 Å². The Morgan fingerprint density at radius 2 is 1.83 bits per heavy atom. The molecule has 1 saturated heterocycles. The molecular formula is C15H20ClN3O4. The maximum atomic E-state index is 12.1. The van der Waals surface area contributed by atoms with Gasteiger partial charge in [-0.25, -0.2) is 9.59 Å². The summed E-state index contributed by atoms with van der Waals surface area (Å²) < 4.78 is 11.2. The van der Waals surface area contributed by atoms with Crippen molar-refractivity contribution in [3.63, 3.8) is 0 Å². The third-order valence-electron chi connectivity index (χ3n) is 3.43. The Balaban J connectivity index is 2.10. The number of hydrogen-bond acceptors (Lipinski definition) is 4. The molecule has 0 radical (unpaired) electrons. The minimum absolute atomic E-state index is 0.155. The predicted octanol–water partition coefficient (Wildman–Crippen LogP) is 1.81. The van der Waals surface area contributed by atoms with E-state index in [-0.39, 0.29) is 12.6 Å². The first-order valence-electron chi connectivity index (χ1n) is 7.17. The highest BCUT2D eigenvalue weighted by molar-refractivity contribution is 6.30. The third-order valence-corrected chi connectivity index (χ3v) is 3.68. The predicted molar refractivity (Wildman–Crippen MR) is 85.9 cm³/mol. The molecule has 1 aliphatic rings. The molecule has 2 unspecified atom stereocenters. The smallest absolute Gasteiger partial charge is 0.407 e. The first kappa shape index (κ1) is 17.2. The summed E-state index contributed by atoms with van der Waals surface area (Å²) >= 11 is 5.85. The van der Waals surface area contributed by atoms with Gasteiger partial charge < -0.3 is 24.6 Å². The standard InChI is InChI=1S/C15H20ClN3O4/c1-17-14(20)23-13-9-19(15(21)18(2)3)8-12(13)22-11-6-4-10(16)5-7-11/h4-7,12-13H,8-9H2,1-3H3,(H,17,20). The number of ether oxygens (including phenoxy) is 2. The van der Waals surface area contributed by atoms with Gasteiger partial charge in [-0.2, -0.15) is 0 Å². The van der Waals surface area contributed by atoms with E-state index in [4.69, 9.17) is 21.1 Å². The molecule has 1 aromatic rings. The third kappa shape index (κ3) is 4.41. The van der Waals surface area contributed by atoms with Crippen LogP contribution in [0, 0.1) is 0 Å². The van der Waals surface area contributed by atoms with Gasteiger partial charge in [0.05, 0.1) is 13.1 Å². The fourth-order valence-electron chi connectivity index (χ4n) is 2.29. The number of nitrogens with zero attached hydrogens (tertiary/aromatic N) is 2. The molecule has 0 spiro atoms. The maximum absolute atomic E-state index is 12.1. The molecule has 1 fully saturated rings. The second-order valence-electron chi connectivity index (χ2n) is 5.39. The van der Waals surface area contributed by atoms with Crippen molar-refractivity contribution < 1.29 is 19.1 Å². The zero-order valence-corrected chi connectivity index (χ0v) is 14.0. The zero-order valence-electron chi connectivity index (χ0n) is 13.3. The Bertz CT molecular complexity index is 564. The van der Waals surface area contributed by atoms with Gasteiger partial charge in [0.1, 0.15) is 5.75 Å². The lowest BCUT2D eigenvalue weighted by Crippen LogP contribution is -2.38. The molecule has 2 rings (SSSR count). The Morgan fingerprint density at radius 3 is 2.39 bits per heavy atom. The number of rotatable bonds is 3. The van der Waals surface area contributed by atoms with Crippen molar-refractivity contribution in [1.29, 1.82) is 0 Å². The summed E-state index contributed by atoms with van der Waals surface area (Å²) in [5, 5.41) is 3.01. The topological polar surface area (TPSA) is 71.1 Å². The van der Waals surface area contributed by atoms with E-state index in [0.29, 0.717) is 17.3 Å². The van der Waals surface area contributed by atoms with Crippen LogP contribution in [0.4, 0.5) is 9.59 Å². The molecule has 0 bridgehead atoms. The lowest BCUT2D eigenvalue weighted by molar-refractivity contribution is 0.0455. The molecular weight excluding hydrogens is 322 g/mol. The van der Waals surface area contributed by atoms with E-state index in [1.165, 1.54) is 11.9 Å². The summed E-state index contributed by atoms with van der Waals surface area (Å²) in [5.41, 5.74) is 0. The number of urea groups is 1. The summed E-state index contributed by atoms with van der Waals surface area (Å²) in [7, 11) is 4.82. The van der Waals surface area contributed by atoms with Gasteiger partial charge in [0.25, 0.3) is 0 Å². The molecule has 3 amide bonds. The number of carbonyl (C=O) groups is 2. The first-order valence-corrected chi connectivity index (χ1v) is 7.55. The Hall–Kier alpha value is -2.15.